The Labute approximate surface area is 147 Å². The van der Waals surface area contributed by atoms with Crippen LogP contribution in [0.25, 0.3) is 0 Å². The second kappa shape index (κ2) is 8.82. The van der Waals surface area contributed by atoms with E-state index < -0.39 is 0 Å². The molecule has 1 heterocycles. The number of anilines is 2. The molecule has 0 radical (unpaired) electrons. The third kappa shape index (κ3) is 5.06. The van der Waals surface area contributed by atoms with Gasteiger partial charge in [-0.1, -0.05) is 13.3 Å². The maximum Gasteiger partial charge on any atom is 0.309 e. The molecule has 1 fully saturated rings. The minimum atomic E-state index is -0.333. The summed E-state index contributed by atoms with van der Waals surface area (Å²) in [6.45, 7) is 3.81. The molecule has 0 saturated carbocycles. The summed E-state index contributed by atoms with van der Waals surface area (Å²) >= 11 is 4.74. The lowest BCUT2D eigenvalue weighted by molar-refractivity contribution is -0.149. The van der Waals surface area contributed by atoms with Gasteiger partial charge in [-0.05, 0) is 49.7 Å². The first kappa shape index (κ1) is 18.4. The Balaban J connectivity index is 1.90. The summed E-state index contributed by atoms with van der Waals surface area (Å²) in [4.78, 5) is 13.9. The van der Waals surface area contributed by atoms with Crippen LogP contribution in [0.1, 0.15) is 32.6 Å². The van der Waals surface area contributed by atoms with Gasteiger partial charge in [0.2, 0.25) is 0 Å². The molecule has 3 N–H and O–H groups in total. The molecule has 5 nitrogen and oxygen atoms in total. The van der Waals surface area contributed by atoms with Gasteiger partial charge in [-0.15, -0.1) is 0 Å². The van der Waals surface area contributed by atoms with Crippen LogP contribution < -0.4 is 16.0 Å². The molecule has 1 aromatic carbocycles. The minimum Gasteiger partial charge on any atom is -0.465 e. The zero-order valence-electron chi connectivity index (χ0n) is 13.9. The van der Waals surface area contributed by atoms with E-state index in [1.165, 1.54) is 6.07 Å². The summed E-state index contributed by atoms with van der Waals surface area (Å²) in [6.07, 6.45) is 3.25. The maximum absolute atomic E-state index is 14.3. The van der Waals surface area contributed by atoms with Gasteiger partial charge in [0.05, 0.1) is 18.2 Å². The van der Waals surface area contributed by atoms with Crippen molar-refractivity contribution < 1.29 is 13.9 Å². The van der Waals surface area contributed by atoms with Crippen molar-refractivity contribution in [2.75, 3.05) is 29.9 Å². The van der Waals surface area contributed by atoms with Gasteiger partial charge in [-0.2, -0.15) is 0 Å². The van der Waals surface area contributed by atoms with E-state index in [9.17, 15) is 9.18 Å². The van der Waals surface area contributed by atoms with Gasteiger partial charge in [0, 0.05) is 18.8 Å². The van der Waals surface area contributed by atoms with E-state index in [0.717, 1.165) is 12.8 Å². The molecular weight excluding hydrogens is 329 g/mol. The molecular formula is C17H24FN3O2S. The molecule has 0 bridgehead atoms. The molecule has 0 aromatic heterocycles. The first-order valence-electron chi connectivity index (χ1n) is 8.29. The topological polar surface area (TPSA) is 67.6 Å². The molecule has 1 aliphatic rings. The fraction of sp³-hybridized carbons (Fsp3) is 0.529. The number of nitrogens with zero attached hydrogens (tertiary/aromatic N) is 1. The molecule has 0 atom stereocenters. The molecule has 1 aromatic rings. The van der Waals surface area contributed by atoms with E-state index in [-0.39, 0.29) is 22.8 Å². The number of rotatable bonds is 6. The van der Waals surface area contributed by atoms with E-state index in [1.807, 2.05) is 4.90 Å². The zero-order chi connectivity index (χ0) is 17.5. The number of carbonyl (C=O) groups excluding carboxylic acids is 1. The lowest BCUT2D eigenvalue weighted by atomic mass is 9.96. The Morgan fingerprint density at radius 1 is 1.46 bits per heavy atom. The van der Waals surface area contributed by atoms with Gasteiger partial charge >= 0.3 is 5.97 Å². The fourth-order valence-electron chi connectivity index (χ4n) is 2.77. The Morgan fingerprint density at radius 2 is 2.17 bits per heavy atom. The predicted octanol–water partition coefficient (Wildman–Crippen LogP) is 3.04. The van der Waals surface area contributed by atoms with E-state index >= 15 is 0 Å². The van der Waals surface area contributed by atoms with Crippen LogP contribution in [0.3, 0.4) is 0 Å². The van der Waals surface area contributed by atoms with Crippen LogP contribution >= 0.6 is 12.2 Å². The summed E-state index contributed by atoms with van der Waals surface area (Å²) in [5, 5.41) is 2.81. The van der Waals surface area contributed by atoms with Crippen LogP contribution in [0.5, 0.6) is 0 Å². The smallest absolute Gasteiger partial charge is 0.309 e. The number of nitrogens with two attached hydrogens (primary N) is 1. The number of carbonyl (C=O) groups is 1. The SMILES string of the molecule is CCCCOC(=O)C1CCN(c2ccc(NC(N)=S)cc2F)CC1. The average molecular weight is 353 g/mol. The third-order valence-corrected chi connectivity index (χ3v) is 4.23. The highest BCUT2D eigenvalue weighted by Gasteiger charge is 2.27. The number of thiocarbonyl (C=S) groups is 1. The van der Waals surface area contributed by atoms with Crippen LogP contribution in [0.2, 0.25) is 0 Å². The second-order valence-electron chi connectivity index (χ2n) is 5.94. The standard InChI is InChI=1S/C17H24FN3O2S/c1-2-3-10-23-16(22)12-6-8-21(9-7-12)15-5-4-13(11-14(15)18)20-17(19)24/h4-5,11-12H,2-3,6-10H2,1H3,(H3,19,20,24). The van der Waals surface area contributed by atoms with Crippen molar-refractivity contribution in [2.24, 2.45) is 11.7 Å². The molecule has 0 amide bonds. The molecule has 2 rings (SSSR count). The first-order valence-corrected chi connectivity index (χ1v) is 8.69. The number of hydrogen-bond acceptors (Lipinski definition) is 4. The highest BCUT2D eigenvalue weighted by atomic mass is 32.1. The molecule has 1 saturated heterocycles. The van der Waals surface area contributed by atoms with Crippen LogP contribution in [0, 0.1) is 11.7 Å². The summed E-state index contributed by atoms with van der Waals surface area (Å²) in [5.41, 5.74) is 6.44. The largest absolute Gasteiger partial charge is 0.465 e. The number of unbranched alkanes of at least 4 members (excludes halogenated alkanes) is 1. The maximum atomic E-state index is 14.3. The zero-order valence-corrected chi connectivity index (χ0v) is 14.7. The van der Waals surface area contributed by atoms with Gasteiger partial charge in [-0.25, -0.2) is 4.39 Å². The quantitative estimate of drug-likeness (QED) is 0.465. The summed E-state index contributed by atoms with van der Waals surface area (Å²) in [7, 11) is 0. The van der Waals surface area contributed by atoms with Crippen LogP contribution in [0.15, 0.2) is 18.2 Å². The second-order valence-corrected chi connectivity index (χ2v) is 6.38. The van der Waals surface area contributed by atoms with E-state index in [0.29, 0.717) is 43.9 Å². The molecule has 7 heteroatoms. The van der Waals surface area contributed by atoms with Gasteiger partial charge in [0.15, 0.2) is 5.11 Å². The highest BCUT2D eigenvalue weighted by Crippen LogP contribution is 2.28. The summed E-state index contributed by atoms with van der Waals surface area (Å²) in [5.74, 6) is -0.545. The normalized spacial score (nSPS) is 15.2. The van der Waals surface area contributed by atoms with Crippen LogP contribution in [-0.4, -0.2) is 30.8 Å². The summed E-state index contributed by atoms with van der Waals surface area (Å²) in [6, 6.07) is 4.82. The van der Waals surface area contributed by atoms with Crippen molar-refractivity contribution >= 4 is 34.7 Å². The minimum absolute atomic E-state index is 0.0864. The van der Waals surface area contributed by atoms with E-state index in [4.69, 9.17) is 22.7 Å². The Bertz CT molecular complexity index is 589. The van der Waals surface area contributed by atoms with Crippen molar-refractivity contribution in [1.82, 2.24) is 0 Å². The van der Waals surface area contributed by atoms with Gasteiger partial charge in [0.1, 0.15) is 5.82 Å². The van der Waals surface area contributed by atoms with Gasteiger partial charge in [-0.3, -0.25) is 4.79 Å². The van der Waals surface area contributed by atoms with Crippen molar-refractivity contribution in [1.29, 1.82) is 0 Å². The van der Waals surface area contributed by atoms with Crippen molar-refractivity contribution in [3.05, 3.63) is 24.0 Å². The highest BCUT2D eigenvalue weighted by molar-refractivity contribution is 7.80. The number of hydrogen-bond donors (Lipinski definition) is 2. The number of ether oxygens (including phenoxy) is 1. The van der Waals surface area contributed by atoms with E-state index in [2.05, 4.69) is 12.2 Å². The molecule has 1 aliphatic heterocycles. The molecule has 0 unspecified atom stereocenters. The lowest BCUT2D eigenvalue weighted by Crippen LogP contribution is -2.37. The summed E-state index contributed by atoms with van der Waals surface area (Å²) < 4.78 is 19.6. The lowest BCUT2D eigenvalue weighted by Gasteiger charge is -2.32. The first-order chi connectivity index (χ1) is 11.5. The molecule has 132 valence electrons. The van der Waals surface area contributed by atoms with Gasteiger partial charge < -0.3 is 20.7 Å². The van der Waals surface area contributed by atoms with Crippen molar-refractivity contribution in [2.45, 2.75) is 32.6 Å². The molecule has 0 spiro atoms. The third-order valence-electron chi connectivity index (χ3n) is 4.13. The number of esters is 1. The number of piperidine rings is 1. The average Bonchev–Trinajstić information content (AvgIpc) is 2.55. The molecule has 0 aliphatic carbocycles. The Morgan fingerprint density at radius 3 is 2.75 bits per heavy atom. The molecule has 24 heavy (non-hydrogen) atoms. The van der Waals surface area contributed by atoms with Crippen LogP contribution in [-0.2, 0) is 9.53 Å². The monoisotopic (exact) mass is 353 g/mol. The number of benzene rings is 1. The van der Waals surface area contributed by atoms with Crippen LogP contribution in [0.4, 0.5) is 15.8 Å². The number of nitrogens with one attached hydrogen (secondary N) is 1. The van der Waals surface area contributed by atoms with E-state index in [1.54, 1.807) is 12.1 Å². The van der Waals surface area contributed by atoms with Crippen molar-refractivity contribution in [3.8, 4) is 0 Å². The van der Waals surface area contributed by atoms with Crippen molar-refractivity contribution in [3.63, 3.8) is 0 Å². The van der Waals surface area contributed by atoms with Gasteiger partial charge in [0.25, 0.3) is 0 Å². The Kier molecular flexibility index (Phi) is 6.78. The number of halogens is 1. The fourth-order valence-corrected chi connectivity index (χ4v) is 2.89. The predicted molar refractivity (Wildman–Crippen MR) is 97.6 cm³/mol. The Hall–Kier alpha value is -1.89.